The summed E-state index contributed by atoms with van der Waals surface area (Å²) in [6, 6.07) is 4.24. The van der Waals surface area contributed by atoms with Crippen LogP contribution in [0.3, 0.4) is 0 Å². The molecule has 0 unspecified atom stereocenters. The smallest absolute Gasteiger partial charge is 0.257 e. The van der Waals surface area contributed by atoms with Crippen molar-refractivity contribution in [3.63, 3.8) is 0 Å². The highest BCUT2D eigenvalue weighted by Gasteiger charge is 2.12. The third-order valence-corrected chi connectivity index (χ3v) is 4.66. The minimum atomic E-state index is 0.634. The van der Waals surface area contributed by atoms with E-state index in [1.165, 1.54) is 9.40 Å². The average Bonchev–Trinajstić information content (AvgIpc) is 3.02. The van der Waals surface area contributed by atoms with E-state index in [2.05, 4.69) is 40.0 Å². The maximum absolute atomic E-state index is 5.67. The van der Waals surface area contributed by atoms with E-state index >= 15 is 0 Å². The lowest BCUT2D eigenvalue weighted by atomic mass is 10.4. The van der Waals surface area contributed by atoms with Gasteiger partial charge in [0.25, 0.3) is 5.89 Å². The Morgan fingerprint density at radius 3 is 3.11 bits per heavy atom. The van der Waals surface area contributed by atoms with Crippen LogP contribution in [0.1, 0.15) is 12.8 Å². The summed E-state index contributed by atoms with van der Waals surface area (Å²) < 4.78 is 8.23. The first-order chi connectivity index (χ1) is 8.86. The number of fused-ring (bicyclic) bond motifs is 1. The molecule has 0 aliphatic heterocycles. The third-order valence-electron chi connectivity index (χ3n) is 2.58. The number of thiophene rings is 2. The van der Waals surface area contributed by atoms with E-state index < -0.39 is 0 Å². The van der Waals surface area contributed by atoms with Crippen LogP contribution >= 0.6 is 22.7 Å². The molecule has 0 aromatic carbocycles. The van der Waals surface area contributed by atoms with Crippen LogP contribution in [0, 0.1) is 0 Å². The van der Waals surface area contributed by atoms with Gasteiger partial charge in [0.05, 0.1) is 4.88 Å². The van der Waals surface area contributed by atoms with E-state index in [0.717, 1.165) is 24.4 Å². The van der Waals surface area contributed by atoms with Crippen LogP contribution in [-0.2, 0) is 6.42 Å². The topological polar surface area (TPSA) is 51.0 Å². The van der Waals surface area contributed by atoms with Crippen molar-refractivity contribution in [2.75, 3.05) is 13.1 Å². The van der Waals surface area contributed by atoms with Crippen molar-refractivity contribution in [1.82, 2.24) is 15.5 Å². The highest BCUT2D eigenvalue weighted by atomic mass is 32.1. The van der Waals surface area contributed by atoms with Crippen LogP contribution < -0.4 is 5.32 Å². The molecule has 0 aliphatic carbocycles. The first kappa shape index (κ1) is 11.8. The standard InChI is InChI=1S/C12H13N3OS2/c1-2-13-5-3-11-14-15-12(16-11)10-7-9-8(18-10)4-6-17-9/h4,6-7,13H,2-3,5H2,1H3. The van der Waals surface area contributed by atoms with Gasteiger partial charge >= 0.3 is 0 Å². The van der Waals surface area contributed by atoms with Crippen LogP contribution in [0.5, 0.6) is 0 Å². The van der Waals surface area contributed by atoms with Gasteiger partial charge in [-0.3, -0.25) is 0 Å². The van der Waals surface area contributed by atoms with E-state index in [-0.39, 0.29) is 0 Å². The minimum Gasteiger partial charge on any atom is -0.420 e. The van der Waals surface area contributed by atoms with Crippen LogP contribution in [0.2, 0.25) is 0 Å². The Balaban J connectivity index is 1.78. The average molecular weight is 279 g/mol. The van der Waals surface area contributed by atoms with Gasteiger partial charge in [0.1, 0.15) is 0 Å². The van der Waals surface area contributed by atoms with E-state index in [0.29, 0.717) is 11.8 Å². The zero-order valence-corrected chi connectivity index (χ0v) is 11.6. The molecule has 3 rings (SSSR count). The molecular weight excluding hydrogens is 266 g/mol. The minimum absolute atomic E-state index is 0.634. The van der Waals surface area contributed by atoms with E-state index in [4.69, 9.17) is 4.42 Å². The molecule has 0 bridgehead atoms. The normalized spacial score (nSPS) is 11.4. The van der Waals surface area contributed by atoms with Gasteiger partial charge in [-0.2, -0.15) is 0 Å². The second-order valence-electron chi connectivity index (χ2n) is 3.86. The molecule has 3 aromatic heterocycles. The lowest BCUT2D eigenvalue weighted by Crippen LogP contribution is -2.16. The number of nitrogens with zero attached hydrogens (tertiary/aromatic N) is 2. The first-order valence-electron chi connectivity index (χ1n) is 5.87. The molecule has 0 saturated heterocycles. The van der Waals surface area contributed by atoms with Crippen LogP contribution in [-0.4, -0.2) is 23.3 Å². The molecule has 0 saturated carbocycles. The molecule has 18 heavy (non-hydrogen) atoms. The molecule has 0 aliphatic rings. The Morgan fingerprint density at radius 2 is 2.28 bits per heavy atom. The van der Waals surface area contributed by atoms with Crippen molar-refractivity contribution in [2.45, 2.75) is 13.3 Å². The fourth-order valence-electron chi connectivity index (χ4n) is 1.70. The largest absolute Gasteiger partial charge is 0.420 e. The van der Waals surface area contributed by atoms with Crippen LogP contribution in [0.25, 0.3) is 20.2 Å². The molecule has 0 atom stereocenters. The van der Waals surface area contributed by atoms with Crippen LogP contribution in [0.4, 0.5) is 0 Å². The Morgan fingerprint density at radius 1 is 1.33 bits per heavy atom. The number of hydrogen-bond acceptors (Lipinski definition) is 6. The monoisotopic (exact) mass is 279 g/mol. The van der Waals surface area contributed by atoms with Gasteiger partial charge in [0.2, 0.25) is 5.89 Å². The molecule has 4 nitrogen and oxygen atoms in total. The van der Waals surface area contributed by atoms with Gasteiger partial charge in [-0.05, 0) is 24.1 Å². The zero-order chi connectivity index (χ0) is 12.4. The van der Waals surface area contributed by atoms with E-state index in [9.17, 15) is 0 Å². The summed E-state index contributed by atoms with van der Waals surface area (Å²) in [4.78, 5) is 1.05. The SMILES string of the molecule is CCNCCc1nnc(-c2cc3sccc3s2)o1. The molecule has 0 spiro atoms. The molecule has 1 N–H and O–H groups in total. The van der Waals surface area contributed by atoms with Crippen molar-refractivity contribution in [3.8, 4) is 10.8 Å². The summed E-state index contributed by atoms with van der Waals surface area (Å²) in [5.74, 6) is 1.33. The van der Waals surface area contributed by atoms with Crippen molar-refractivity contribution in [3.05, 3.63) is 23.4 Å². The maximum atomic E-state index is 5.67. The summed E-state index contributed by atoms with van der Waals surface area (Å²) in [6.45, 7) is 3.91. The number of nitrogens with one attached hydrogen (secondary N) is 1. The van der Waals surface area contributed by atoms with Crippen molar-refractivity contribution in [1.29, 1.82) is 0 Å². The van der Waals surface area contributed by atoms with Gasteiger partial charge in [0.15, 0.2) is 0 Å². The molecule has 94 valence electrons. The first-order valence-corrected chi connectivity index (χ1v) is 7.57. The predicted octanol–water partition coefficient (Wildman–Crippen LogP) is 3.16. The number of aromatic nitrogens is 2. The zero-order valence-electron chi connectivity index (χ0n) is 9.97. The third kappa shape index (κ3) is 2.31. The number of likely N-dealkylation sites (N-methyl/N-ethyl adjacent to an activating group) is 1. The second kappa shape index (κ2) is 5.17. The van der Waals surface area contributed by atoms with Crippen molar-refractivity contribution in [2.24, 2.45) is 0 Å². The summed E-state index contributed by atoms with van der Waals surface area (Å²) in [5.41, 5.74) is 0. The Hall–Kier alpha value is -1.24. The maximum Gasteiger partial charge on any atom is 0.257 e. The lowest BCUT2D eigenvalue weighted by Gasteiger charge is -1.95. The molecule has 3 aromatic rings. The van der Waals surface area contributed by atoms with Crippen LogP contribution in [0.15, 0.2) is 21.9 Å². The van der Waals surface area contributed by atoms with Gasteiger partial charge in [0, 0.05) is 22.4 Å². The van der Waals surface area contributed by atoms with Gasteiger partial charge < -0.3 is 9.73 Å². The molecule has 0 fully saturated rings. The quantitative estimate of drug-likeness (QED) is 0.729. The summed E-state index contributed by atoms with van der Waals surface area (Å²) >= 11 is 3.43. The Bertz CT molecular complexity index is 612. The Kier molecular flexibility index (Phi) is 3.40. The fourth-order valence-corrected chi connectivity index (χ4v) is 3.73. The molecule has 0 radical (unpaired) electrons. The number of rotatable bonds is 5. The van der Waals surface area contributed by atoms with E-state index in [1.807, 2.05) is 0 Å². The molecular formula is C12H13N3OS2. The summed E-state index contributed by atoms with van der Waals surface area (Å²) in [7, 11) is 0. The highest BCUT2D eigenvalue weighted by molar-refractivity contribution is 7.28. The van der Waals surface area contributed by atoms with Gasteiger partial charge in [-0.25, -0.2) is 0 Å². The van der Waals surface area contributed by atoms with E-state index in [1.54, 1.807) is 22.7 Å². The predicted molar refractivity (Wildman–Crippen MR) is 75.2 cm³/mol. The Labute approximate surface area is 113 Å². The molecule has 6 heteroatoms. The molecule has 3 heterocycles. The second-order valence-corrected chi connectivity index (χ2v) is 5.90. The fraction of sp³-hybridized carbons (Fsp3) is 0.333. The molecule has 0 amide bonds. The van der Waals surface area contributed by atoms with Gasteiger partial charge in [-0.1, -0.05) is 6.92 Å². The number of hydrogen-bond donors (Lipinski definition) is 1. The van der Waals surface area contributed by atoms with Gasteiger partial charge in [-0.15, -0.1) is 32.9 Å². The summed E-state index contributed by atoms with van der Waals surface area (Å²) in [5, 5.41) is 13.5. The highest BCUT2D eigenvalue weighted by Crippen LogP contribution is 2.35. The van der Waals surface area contributed by atoms with Crippen molar-refractivity contribution < 1.29 is 4.42 Å². The van der Waals surface area contributed by atoms with Crippen molar-refractivity contribution >= 4 is 32.1 Å². The summed E-state index contributed by atoms with van der Waals surface area (Å²) in [6.07, 6.45) is 0.778. The lowest BCUT2D eigenvalue weighted by molar-refractivity contribution is 0.497.